The molecule has 2 N–H and O–H groups in total. The summed E-state index contributed by atoms with van der Waals surface area (Å²) in [5.74, 6) is -0.112. The van der Waals surface area contributed by atoms with E-state index in [4.69, 9.17) is 15.2 Å². The van der Waals surface area contributed by atoms with E-state index in [2.05, 4.69) is 11.9 Å². The summed E-state index contributed by atoms with van der Waals surface area (Å²) in [4.78, 5) is 46.5. The number of aromatic nitrogens is 1. The molecule has 5 aromatic rings. The molecule has 1 saturated heterocycles. The number of unbranched alkanes of at least 4 members (excludes halogenated alkanes) is 2. The van der Waals surface area contributed by atoms with Crippen LogP contribution in [0.15, 0.2) is 90.0 Å². The Hall–Kier alpha value is -5.66. The number of rotatable bonds is 14. The molecule has 12 nitrogen and oxygen atoms in total. The van der Waals surface area contributed by atoms with Crippen LogP contribution in [-0.4, -0.2) is 93.8 Å². The van der Waals surface area contributed by atoms with Crippen molar-refractivity contribution in [1.29, 1.82) is 0 Å². The SMILES string of the molecule is COc1c(C(=O)c2cccc3c2ccn3S(=O)(=O)c2ccc(C)cc2)ccc(C(=O)N(C)c2ccc(C)cc2OCCCCCC(=O)N2CCN(C)CC2)c1N. The number of nitrogens with two attached hydrogens (primary N) is 1. The van der Waals surface area contributed by atoms with E-state index in [0.29, 0.717) is 35.4 Å². The van der Waals surface area contributed by atoms with E-state index in [9.17, 15) is 22.8 Å². The summed E-state index contributed by atoms with van der Waals surface area (Å²) in [6, 6.07) is 21.6. The van der Waals surface area contributed by atoms with E-state index in [0.717, 1.165) is 60.5 Å². The van der Waals surface area contributed by atoms with Gasteiger partial charge in [-0.1, -0.05) is 35.9 Å². The fourth-order valence-electron chi connectivity index (χ4n) is 6.96. The average Bonchev–Trinajstić information content (AvgIpc) is 3.64. The Balaban J connectivity index is 1.16. The number of carbonyl (C=O) groups excluding carboxylic acids is 3. The number of aryl methyl sites for hydroxylation is 2. The van der Waals surface area contributed by atoms with Crippen LogP contribution in [0.3, 0.4) is 0 Å². The smallest absolute Gasteiger partial charge is 0.268 e. The Kier molecular flexibility index (Phi) is 12.2. The van der Waals surface area contributed by atoms with Gasteiger partial charge in [-0.2, -0.15) is 0 Å². The van der Waals surface area contributed by atoms with Gasteiger partial charge in [-0.15, -0.1) is 0 Å². The van der Waals surface area contributed by atoms with Gasteiger partial charge in [-0.05, 0) is 94.3 Å². The first kappa shape index (κ1) is 40.0. The molecule has 0 radical (unpaired) electrons. The summed E-state index contributed by atoms with van der Waals surface area (Å²) in [6.45, 7) is 7.60. The van der Waals surface area contributed by atoms with Crippen LogP contribution >= 0.6 is 0 Å². The van der Waals surface area contributed by atoms with Crippen LogP contribution in [0.25, 0.3) is 10.9 Å². The molecule has 2 heterocycles. The predicted octanol–water partition coefficient (Wildman–Crippen LogP) is 6.31. The highest BCUT2D eigenvalue weighted by molar-refractivity contribution is 7.90. The third kappa shape index (κ3) is 8.29. The summed E-state index contributed by atoms with van der Waals surface area (Å²) in [7, 11) is 1.13. The number of ether oxygens (including phenoxy) is 2. The van der Waals surface area contributed by atoms with Crippen molar-refractivity contribution >= 4 is 49.9 Å². The van der Waals surface area contributed by atoms with Crippen molar-refractivity contribution in [3.63, 3.8) is 0 Å². The van der Waals surface area contributed by atoms with E-state index in [1.165, 1.54) is 30.3 Å². The number of nitrogens with zero attached hydrogens (tertiary/aromatic N) is 4. The topological polar surface area (TPSA) is 144 Å². The summed E-state index contributed by atoms with van der Waals surface area (Å²) in [6.07, 6.45) is 4.33. The normalized spacial score (nSPS) is 13.5. The number of piperazine rings is 1. The second-order valence-corrected chi connectivity index (χ2v) is 16.1. The van der Waals surface area contributed by atoms with E-state index < -0.39 is 21.7 Å². The fraction of sp³-hybridized carbons (Fsp3) is 0.326. The minimum atomic E-state index is -3.94. The van der Waals surface area contributed by atoms with Crippen molar-refractivity contribution < 1.29 is 32.3 Å². The molecule has 1 aliphatic heterocycles. The molecule has 1 aliphatic rings. The van der Waals surface area contributed by atoms with Gasteiger partial charge in [0.05, 0.1) is 46.6 Å². The van der Waals surface area contributed by atoms with Crippen molar-refractivity contribution in [1.82, 2.24) is 13.8 Å². The van der Waals surface area contributed by atoms with E-state index in [-0.39, 0.29) is 38.9 Å². The van der Waals surface area contributed by atoms with Gasteiger partial charge in [0.25, 0.3) is 15.9 Å². The number of ketones is 1. The molecule has 0 saturated carbocycles. The lowest BCUT2D eigenvalue weighted by molar-refractivity contribution is -0.132. The average molecular weight is 780 g/mol. The molecule has 1 fully saturated rings. The number of hydrogen-bond donors (Lipinski definition) is 1. The zero-order valence-corrected chi connectivity index (χ0v) is 33.4. The minimum Gasteiger partial charge on any atom is -0.494 e. The maximum Gasteiger partial charge on any atom is 0.268 e. The van der Waals surface area contributed by atoms with Gasteiger partial charge < -0.3 is 29.9 Å². The Labute approximate surface area is 328 Å². The maximum atomic E-state index is 14.1. The van der Waals surface area contributed by atoms with Gasteiger partial charge in [0.15, 0.2) is 11.5 Å². The van der Waals surface area contributed by atoms with Gasteiger partial charge in [-0.25, -0.2) is 12.4 Å². The number of fused-ring (bicyclic) bond motifs is 1. The lowest BCUT2D eigenvalue weighted by Gasteiger charge is -2.32. The van der Waals surface area contributed by atoms with Gasteiger partial charge in [0.2, 0.25) is 5.91 Å². The molecule has 0 atom stereocenters. The molecule has 2 amide bonds. The van der Waals surface area contributed by atoms with Crippen LogP contribution in [0.4, 0.5) is 11.4 Å². The van der Waals surface area contributed by atoms with Crippen molar-refractivity contribution in [2.24, 2.45) is 0 Å². The summed E-state index contributed by atoms with van der Waals surface area (Å²) in [5, 5.41) is 0.430. The molecule has 1 aromatic heterocycles. The van der Waals surface area contributed by atoms with Gasteiger partial charge in [0, 0.05) is 56.8 Å². The molecule has 56 heavy (non-hydrogen) atoms. The summed E-state index contributed by atoms with van der Waals surface area (Å²) in [5.41, 5.74) is 9.83. The quantitative estimate of drug-likeness (QED) is 0.0780. The summed E-state index contributed by atoms with van der Waals surface area (Å²) >= 11 is 0. The number of carbonyl (C=O) groups is 3. The van der Waals surface area contributed by atoms with Crippen LogP contribution in [-0.2, 0) is 14.8 Å². The van der Waals surface area contributed by atoms with Gasteiger partial charge >= 0.3 is 0 Å². The van der Waals surface area contributed by atoms with Crippen LogP contribution in [0.2, 0.25) is 0 Å². The number of anilines is 2. The first-order valence-electron chi connectivity index (χ1n) is 18.7. The zero-order valence-electron chi connectivity index (χ0n) is 32.6. The highest BCUT2D eigenvalue weighted by Gasteiger charge is 2.27. The Morgan fingerprint density at radius 3 is 2.23 bits per heavy atom. The summed E-state index contributed by atoms with van der Waals surface area (Å²) < 4.78 is 40.1. The molecule has 0 aliphatic carbocycles. The first-order valence-corrected chi connectivity index (χ1v) is 20.2. The minimum absolute atomic E-state index is 0.0115. The van der Waals surface area contributed by atoms with E-state index in [1.54, 1.807) is 55.6 Å². The van der Waals surface area contributed by atoms with Crippen molar-refractivity contribution in [2.75, 3.05) is 64.6 Å². The third-order valence-corrected chi connectivity index (χ3v) is 12.0. The van der Waals surface area contributed by atoms with Crippen molar-refractivity contribution in [2.45, 2.75) is 44.4 Å². The van der Waals surface area contributed by atoms with E-state index in [1.807, 2.05) is 36.9 Å². The molecule has 13 heteroatoms. The molecule has 4 aromatic carbocycles. The van der Waals surface area contributed by atoms with Crippen LogP contribution in [0.5, 0.6) is 11.5 Å². The molecule has 0 bridgehead atoms. The number of likely N-dealkylation sites (N-methyl/N-ethyl adjacent to an activating group) is 1. The Bertz CT molecular complexity index is 2360. The van der Waals surface area contributed by atoms with Gasteiger partial charge in [0.1, 0.15) is 5.75 Å². The van der Waals surface area contributed by atoms with Crippen molar-refractivity contribution in [3.05, 3.63) is 113 Å². The second-order valence-electron chi connectivity index (χ2n) is 14.3. The van der Waals surface area contributed by atoms with Crippen LogP contribution < -0.4 is 20.1 Å². The maximum absolute atomic E-state index is 14.1. The monoisotopic (exact) mass is 779 g/mol. The van der Waals surface area contributed by atoms with Crippen LogP contribution in [0, 0.1) is 13.8 Å². The molecule has 0 unspecified atom stereocenters. The highest BCUT2D eigenvalue weighted by atomic mass is 32.2. The molecular formula is C43H49N5O7S. The Morgan fingerprint density at radius 1 is 0.821 bits per heavy atom. The van der Waals surface area contributed by atoms with Gasteiger partial charge in [-0.3, -0.25) is 14.4 Å². The third-order valence-electron chi connectivity index (χ3n) is 10.3. The fourth-order valence-corrected chi connectivity index (χ4v) is 8.31. The first-order chi connectivity index (χ1) is 26.8. The number of methoxy groups -OCH3 is 1. The number of amides is 2. The predicted molar refractivity (Wildman–Crippen MR) is 218 cm³/mol. The largest absolute Gasteiger partial charge is 0.494 e. The standard InChI is InChI=1S/C43H49N5O7S/c1-29-13-16-31(17-14-29)56(52,53)48-22-21-32-33(10-9-11-36(32)48)41(50)35-19-18-34(40(44)42(35)54-5)43(51)46(4)37-20-15-30(2)28-38(37)55-27-8-6-7-12-39(49)47-25-23-45(3)24-26-47/h9-11,13-22,28H,6-8,12,23-27,44H2,1-5H3. The second kappa shape index (κ2) is 17.0. The lowest BCUT2D eigenvalue weighted by atomic mass is 9.97. The molecular weight excluding hydrogens is 731 g/mol. The molecule has 294 valence electrons. The number of hydrogen-bond acceptors (Lipinski definition) is 9. The van der Waals surface area contributed by atoms with E-state index >= 15 is 0 Å². The number of benzene rings is 4. The highest BCUT2D eigenvalue weighted by Crippen LogP contribution is 2.36. The zero-order chi connectivity index (χ0) is 40.1. The van der Waals surface area contributed by atoms with Crippen LogP contribution in [0.1, 0.15) is 63.1 Å². The Morgan fingerprint density at radius 2 is 1.52 bits per heavy atom. The molecule has 0 spiro atoms. The lowest BCUT2D eigenvalue weighted by Crippen LogP contribution is -2.47. The van der Waals surface area contributed by atoms with Crippen molar-refractivity contribution in [3.8, 4) is 11.5 Å². The number of nitrogen functional groups attached to an aromatic ring is 1. The molecule has 6 rings (SSSR count).